The van der Waals surface area contributed by atoms with E-state index in [1.807, 2.05) is 24.3 Å². The number of amides is 2. The van der Waals surface area contributed by atoms with Crippen molar-refractivity contribution >= 4 is 23.2 Å². The molecule has 2 heterocycles. The fraction of sp³-hybridized carbons (Fsp3) is 0.389. The molecule has 1 unspecified atom stereocenters. The molecule has 7 heteroatoms. The van der Waals surface area contributed by atoms with E-state index >= 15 is 0 Å². The van der Waals surface area contributed by atoms with Gasteiger partial charge in [0, 0.05) is 30.5 Å². The Hall–Kier alpha value is -2.83. The second kappa shape index (κ2) is 7.38. The summed E-state index contributed by atoms with van der Waals surface area (Å²) in [4.78, 5) is 26.7. The Labute approximate surface area is 146 Å². The van der Waals surface area contributed by atoms with E-state index < -0.39 is 11.9 Å². The molecule has 1 aromatic heterocycles. The molecule has 0 spiro atoms. The van der Waals surface area contributed by atoms with Crippen molar-refractivity contribution in [3.8, 4) is 0 Å². The molecular formula is C18H22N4O3. The maximum Gasteiger partial charge on any atom is 0.274 e. The number of nitrogens with one attached hydrogen (secondary N) is 2. The van der Waals surface area contributed by atoms with Gasteiger partial charge in [0.05, 0.1) is 0 Å². The summed E-state index contributed by atoms with van der Waals surface area (Å²) in [5.41, 5.74) is 1.98. The minimum Gasteiger partial charge on any atom is -0.371 e. The number of benzene rings is 1. The van der Waals surface area contributed by atoms with Crippen LogP contribution in [0.5, 0.6) is 0 Å². The predicted molar refractivity (Wildman–Crippen MR) is 94.7 cm³/mol. The van der Waals surface area contributed by atoms with Gasteiger partial charge in [-0.3, -0.25) is 9.59 Å². The number of hydrogen-bond donors (Lipinski definition) is 2. The fourth-order valence-corrected chi connectivity index (χ4v) is 2.82. The summed E-state index contributed by atoms with van der Waals surface area (Å²) in [5, 5.41) is 9.10. The van der Waals surface area contributed by atoms with Crippen molar-refractivity contribution < 1.29 is 14.1 Å². The molecule has 1 aliphatic heterocycles. The number of aromatic nitrogens is 1. The van der Waals surface area contributed by atoms with Crippen molar-refractivity contribution in [2.45, 2.75) is 32.7 Å². The van der Waals surface area contributed by atoms with E-state index in [4.69, 9.17) is 4.52 Å². The van der Waals surface area contributed by atoms with Crippen LogP contribution in [0.3, 0.4) is 0 Å². The van der Waals surface area contributed by atoms with Gasteiger partial charge in [0.2, 0.25) is 5.91 Å². The summed E-state index contributed by atoms with van der Waals surface area (Å²) >= 11 is 0. The molecule has 1 fully saturated rings. The average Bonchev–Trinajstić information content (AvgIpc) is 3.26. The number of hydrogen-bond acceptors (Lipinski definition) is 5. The van der Waals surface area contributed by atoms with Crippen LogP contribution in [-0.2, 0) is 4.79 Å². The Morgan fingerprint density at radius 2 is 2.00 bits per heavy atom. The summed E-state index contributed by atoms with van der Waals surface area (Å²) in [6, 6.07) is 8.59. The van der Waals surface area contributed by atoms with Crippen LogP contribution in [-0.4, -0.2) is 36.1 Å². The summed E-state index contributed by atoms with van der Waals surface area (Å²) < 4.78 is 4.87. The number of carbonyl (C=O) groups excluding carboxylic acids is 2. The summed E-state index contributed by atoms with van der Waals surface area (Å²) in [5.74, 6) is -0.182. The van der Waals surface area contributed by atoms with Gasteiger partial charge in [-0.05, 0) is 44.9 Å². The number of aryl methyl sites for hydroxylation is 1. The lowest BCUT2D eigenvalue weighted by Crippen LogP contribution is -2.41. The Morgan fingerprint density at radius 1 is 1.24 bits per heavy atom. The van der Waals surface area contributed by atoms with E-state index in [-0.39, 0.29) is 11.6 Å². The van der Waals surface area contributed by atoms with Crippen LogP contribution in [0.1, 0.15) is 36.0 Å². The number of nitrogens with zero attached hydrogens (tertiary/aromatic N) is 2. The van der Waals surface area contributed by atoms with Gasteiger partial charge >= 0.3 is 0 Å². The molecule has 0 saturated carbocycles. The van der Waals surface area contributed by atoms with Crippen molar-refractivity contribution in [2.75, 3.05) is 23.3 Å². The third-order valence-corrected chi connectivity index (χ3v) is 4.19. The van der Waals surface area contributed by atoms with E-state index in [0.717, 1.165) is 18.8 Å². The van der Waals surface area contributed by atoms with Crippen LogP contribution >= 0.6 is 0 Å². The summed E-state index contributed by atoms with van der Waals surface area (Å²) in [6.45, 7) is 5.42. The van der Waals surface area contributed by atoms with Gasteiger partial charge in [-0.25, -0.2) is 0 Å². The minimum absolute atomic E-state index is 0.160. The molecule has 0 aliphatic carbocycles. The largest absolute Gasteiger partial charge is 0.371 e. The highest BCUT2D eigenvalue weighted by Crippen LogP contribution is 2.23. The fourth-order valence-electron chi connectivity index (χ4n) is 2.82. The zero-order valence-corrected chi connectivity index (χ0v) is 14.4. The van der Waals surface area contributed by atoms with E-state index in [1.165, 1.54) is 18.9 Å². The second-order valence-electron chi connectivity index (χ2n) is 6.25. The van der Waals surface area contributed by atoms with Crippen LogP contribution in [0, 0.1) is 6.92 Å². The molecule has 1 saturated heterocycles. The van der Waals surface area contributed by atoms with Gasteiger partial charge in [0.25, 0.3) is 5.91 Å². The Bertz CT molecular complexity index is 765. The van der Waals surface area contributed by atoms with Gasteiger partial charge < -0.3 is 20.1 Å². The van der Waals surface area contributed by atoms with Crippen LogP contribution in [0.2, 0.25) is 0 Å². The monoisotopic (exact) mass is 342 g/mol. The van der Waals surface area contributed by atoms with E-state index in [1.54, 1.807) is 13.8 Å². The molecule has 0 bridgehead atoms. The Kier molecular flexibility index (Phi) is 5.02. The molecule has 2 amide bonds. The highest BCUT2D eigenvalue weighted by Gasteiger charge is 2.19. The molecule has 1 aliphatic rings. The van der Waals surface area contributed by atoms with Crippen molar-refractivity contribution in [2.24, 2.45) is 0 Å². The molecule has 1 aromatic carbocycles. The smallest absolute Gasteiger partial charge is 0.274 e. The Balaban J connectivity index is 1.59. The van der Waals surface area contributed by atoms with Crippen molar-refractivity contribution in [3.05, 3.63) is 41.8 Å². The van der Waals surface area contributed by atoms with Gasteiger partial charge in [-0.2, -0.15) is 0 Å². The third kappa shape index (κ3) is 4.17. The van der Waals surface area contributed by atoms with Gasteiger partial charge in [0.1, 0.15) is 11.8 Å². The van der Waals surface area contributed by atoms with Gasteiger partial charge in [-0.15, -0.1) is 0 Å². The average molecular weight is 342 g/mol. The zero-order chi connectivity index (χ0) is 17.8. The maximum absolute atomic E-state index is 12.3. The van der Waals surface area contributed by atoms with Crippen LogP contribution in [0.15, 0.2) is 34.9 Å². The van der Waals surface area contributed by atoms with E-state index in [0.29, 0.717) is 11.4 Å². The normalized spacial score (nSPS) is 15.0. The van der Waals surface area contributed by atoms with Crippen molar-refractivity contribution in [3.63, 3.8) is 0 Å². The van der Waals surface area contributed by atoms with Gasteiger partial charge in [-0.1, -0.05) is 11.2 Å². The molecule has 2 aromatic rings. The number of rotatable bonds is 5. The molecule has 25 heavy (non-hydrogen) atoms. The topological polar surface area (TPSA) is 87.5 Å². The molecule has 7 nitrogen and oxygen atoms in total. The standard InChI is InChI=1S/C18H22N4O3/c1-12-10-16(21-25-12)18(24)19-13(2)17(23)20-14-6-5-7-15(11-14)22-8-3-4-9-22/h5-7,10-11,13H,3-4,8-9H2,1-2H3,(H,19,24)(H,20,23). The number of carbonyl (C=O) groups is 2. The predicted octanol–water partition coefficient (Wildman–Crippen LogP) is 2.34. The lowest BCUT2D eigenvalue weighted by atomic mass is 10.2. The van der Waals surface area contributed by atoms with Crippen LogP contribution in [0.4, 0.5) is 11.4 Å². The summed E-state index contributed by atoms with van der Waals surface area (Å²) in [7, 11) is 0. The SMILES string of the molecule is Cc1cc(C(=O)NC(C)C(=O)Nc2cccc(N3CCCC3)c2)no1. The van der Waals surface area contributed by atoms with Crippen LogP contribution in [0.25, 0.3) is 0 Å². The third-order valence-electron chi connectivity index (χ3n) is 4.19. The lowest BCUT2D eigenvalue weighted by molar-refractivity contribution is -0.117. The summed E-state index contributed by atoms with van der Waals surface area (Å²) in [6.07, 6.45) is 2.39. The number of anilines is 2. The van der Waals surface area contributed by atoms with Crippen molar-refractivity contribution in [1.29, 1.82) is 0 Å². The second-order valence-corrected chi connectivity index (χ2v) is 6.25. The molecule has 3 rings (SSSR count). The lowest BCUT2D eigenvalue weighted by Gasteiger charge is -2.19. The Morgan fingerprint density at radius 3 is 2.68 bits per heavy atom. The molecule has 2 N–H and O–H groups in total. The maximum atomic E-state index is 12.3. The highest BCUT2D eigenvalue weighted by atomic mass is 16.5. The van der Waals surface area contributed by atoms with Crippen LogP contribution < -0.4 is 15.5 Å². The molecule has 1 atom stereocenters. The quantitative estimate of drug-likeness (QED) is 0.871. The van der Waals surface area contributed by atoms with Gasteiger partial charge in [0.15, 0.2) is 5.69 Å². The first kappa shape index (κ1) is 17.0. The van der Waals surface area contributed by atoms with E-state index in [9.17, 15) is 9.59 Å². The molecule has 132 valence electrons. The van der Waals surface area contributed by atoms with E-state index in [2.05, 4.69) is 20.7 Å². The molecular weight excluding hydrogens is 320 g/mol. The highest BCUT2D eigenvalue weighted by molar-refractivity contribution is 6.00. The minimum atomic E-state index is -0.694. The molecule has 0 radical (unpaired) electrons. The first-order valence-electron chi connectivity index (χ1n) is 8.43. The first-order valence-corrected chi connectivity index (χ1v) is 8.43. The zero-order valence-electron chi connectivity index (χ0n) is 14.4. The van der Waals surface area contributed by atoms with Crippen molar-refractivity contribution in [1.82, 2.24) is 10.5 Å². The first-order chi connectivity index (χ1) is 12.0.